The van der Waals surface area contributed by atoms with Crippen molar-refractivity contribution in [2.75, 3.05) is 18.4 Å². The summed E-state index contributed by atoms with van der Waals surface area (Å²) in [5, 5.41) is 10.2. The highest BCUT2D eigenvalue weighted by Gasteiger charge is 2.24. The summed E-state index contributed by atoms with van der Waals surface area (Å²) in [4.78, 5) is 11.8. The Kier molecular flexibility index (Phi) is 3.44. The molecule has 0 radical (unpaired) electrons. The van der Waals surface area contributed by atoms with Crippen LogP contribution < -0.4 is 16.4 Å². The lowest BCUT2D eigenvalue weighted by Crippen LogP contribution is -2.45. The molecule has 1 fully saturated rings. The normalized spacial score (nSPS) is 17.9. The molecule has 1 aliphatic heterocycles. The molecule has 94 valence electrons. The maximum absolute atomic E-state index is 11.8. The van der Waals surface area contributed by atoms with Crippen LogP contribution in [0.15, 0.2) is 12.3 Å². The zero-order chi connectivity index (χ0) is 12.4. The zero-order valence-electron chi connectivity index (χ0n) is 10.2. The summed E-state index contributed by atoms with van der Waals surface area (Å²) in [6.45, 7) is 5.64. The first-order chi connectivity index (χ1) is 8.09. The number of aromatic nitrogens is 2. The second-order valence-electron chi connectivity index (χ2n) is 4.73. The van der Waals surface area contributed by atoms with Gasteiger partial charge in [-0.25, -0.2) is 4.68 Å². The van der Waals surface area contributed by atoms with Crippen molar-refractivity contribution < 1.29 is 4.79 Å². The van der Waals surface area contributed by atoms with Crippen LogP contribution >= 0.6 is 0 Å². The van der Waals surface area contributed by atoms with Crippen LogP contribution in [0.1, 0.15) is 19.9 Å². The van der Waals surface area contributed by atoms with Crippen LogP contribution in [0.4, 0.5) is 5.82 Å². The molecule has 2 heterocycles. The van der Waals surface area contributed by atoms with E-state index in [0.717, 1.165) is 18.9 Å². The number of carbonyl (C=O) groups excluding carboxylic acids is 1. The van der Waals surface area contributed by atoms with E-state index in [1.807, 2.05) is 18.5 Å². The van der Waals surface area contributed by atoms with Crippen LogP contribution in [0.5, 0.6) is 0 Å². The van der Waals surface area contributed by atoms with Gasteiger partial charge in [0, 0.05) is 19.2 Å². The second kappa shape index (κ2) is 4.85. The van der Waals surface area contributed by atoms with Crippen LogP contribution in [-0.4, -0.2) is 34.8 Å². The molecule has 1 unspecified atom stereocenters. The number of anilines is 1. The lowest BCUT2D eigenvalue weighted by molar-refractivity contribution is -0.118. The Morgan fingerprint density at radius 2 is 2.35 bits per heavy atom. The van der Waals surface area contributed by atoms with Gasteiger partial charge >= 0.3 is 0 Å². The number of nitrogens with one attached hydrogen (secondary N) is 2. The van der Waals surface area contributed by atoms with E-state index >= 15 is 0 Å². The molecule has 1 atom stereocenters. The van der Waals surface area contributed by atoms with E-state index in [9.17, 15) is 4.79 Å². The van der Waals surface area contributed by atoms with Crippen LogP contribution in [0.3, 0.4) is 0 Å². The molecule has 0 spiro atoms. The van der Waals surface area contributed by atoms with E-state index in [1.54, 1.807) is 12.3 Å². The van der Waals surface area contributed by atoms with Crippen molar-refractivity contribution in [1.29, 1.82) is 0 Å². The van der Waals surface area contributed by atoms with Gasteiger partial charge in [-0.05, 0) is 5.92 Å². The van der Waals surface area contributed by atoms with Gasteiger partial charge in [0.25, 0.3) is 0 Å². The Morgan fingerprint density at radius 1 is 1.65 bits per heavy atom. The van der Waals surface area contributed by atoms with Gasteiger partial charge in [0.1, 0.15) is 5.82 Å². The Morgan fingerprint density at radius 3 is 2.88 bits per heavy atom. The molecule has 17 heavy (non-hydrogen) atoms. The number of hydrogen-bond donors (Lipinski definition) is 3. The average molecular weight is 237 g/mol. The van der Waals surface area contributed by atoms with E-state index in [4.69, 9.17) is 5.73 Å². The third-order valence-electron chi connectivity index (χ3n) is 3.05. The molecule has 2 rings (SSSR count). The minimum absolute atomic E-state index is 0.122. The summed E-state index contributed by atoms with van der Waals surface area (Å²) in [5.41, 5.74) is 5.80. The summed E-state index contributed by atoms with van der Waals surface area (Å²) >= 11 is 0. The van der Waals surface area contributed by atoms with Gasteiger partial charge in [0.05, 0.1) is 18.3 Å². The van der Waals surface area contributed by atoms with E-state index < -0.39 is 6.04 Å². The highest BCUT2D eigenvalue weighted by atomic mass is 16.2. The summed E-state index contributed by atoms with van der Waals surface area (Å²) in [6, 6.07) is 1.64. The fraction of sp³-hybridized carbons (Fsp3) is 0.636. The van der Waals surface area contributed by atoms with Gasteiger partial charge in [0.15, 0.2) is 0 Å². The summed E-state index contributed by atoms with van der Waals surface area (Å²) in [6.07, 6.45) is 1.69. The Hall–Kier alpha value is -1.40. The van der Waals surface area contributed by atoms with Crippen LogP contribution in [0.25, 0.3) is 0 Å². The molecule has 1 saturated heterocycles. The Bertz CT molecular complexity index is 396. The van der Waals surface area contributed by atoms with Gasteiger partial charge in [-0.1, -0.05) is 13.8 Å². The largest absolute Gasteiger partial charge is 0.320 e. The average Bonchev–Trinajstić information content (AvgIpc) is 2.62. The first-order valence-electron chi connectivity index (χ1n) is 5.90. The van der Waals surface area contributed by atoms with Gasteiger partial charge < -0.3 is 16.4 Å². The number of rotatable bonds is 4. The van der Waals surface area contributed by atoms with Crippen molar-refractivity contribution >= 4 is 11.7 Å². The second-order valence-corrected chi connectivity index (χ2v) is 4.73. The lowest BCUT2D eigenvalue weighted by atomic mass is 10.1. The molecular weight excluding hydrogens is 218 g/mol. The number of hydrogen-bond acceptors (Lipinski definition) is 4. The van der Waals surface area contributed by atoms with Crippen molar-refractivity contribution in [3.8, 4) is 0 Å². The number of carbonyl (C=O) groups is 1. The number of nitrogens with two attached hydrogens (primary N) is 1. The van der Waals surface area contributed by atoms with Crippen molar-refractivity contribution in [1.82, 2.24) is 15.1 Å². The quantitative estimate of drug-likeness (QED) is 0.685. The monoisotopic (exact) mass is 237 g/mol. The molecule has 6 nitrogen and oxygen atoms in total. The molecule has 0 saturated carbocycles. The maximum Gasteiger partial charge on any atom is 0.242 e. The zero-order valence-corrected chi connectivity index (χ0v) is 10.2. The summed E-state index contributed by atoms with van der Waals surface area (Å²) < 4.78 is 1.83. The van der Waals surface area contributed by atoms with Crippen molar-refractivity contribution in [3.05, 3.63) is 12.3 Å². The molecule has 1 aromatic heterocycles. The lowest BCUT2D eigenvalue weighted by Gasteiger charge is -2.29. The van der Waals surface area contributed by atoms with Gasteiger partial charge in [-0.2, -0.15) is 5.10 Å². The third-order valence-corrected chi connectivity index (χ3v) is 3.05. The van der Waals surface area contributed by atoms with Gasteiger partial charge in [-0.3, -0.25) is 4.79 Å². The maximum atomic E-state index is 11.8. The minimum Gasteiger partial charge on any atom is -0.320 e. The smallest absolute Gasteiger partial charge is 0.242 e. The van der Waals surface area contributed by atoms with Gasteiger partial charge in [0.2, 0.25) is 5.91 Å². The van der Waals surface area contributed by atoms with Crippen molar-refractivity contribution in [2.45, 2.75) is 25.9 Å². The molecule has 4 N–H and O–H groups in total. The third kappa shape index (κ3) is 2.48. The molecule has 1 aliphatic rings. The van der Waals surface area contributed by atoms with Crippen molar-refractivity contribution in [3.63, 3.8) is 0 Å². The number of amides is 1. The molecule has 0 aromatic carbocycles. The SMILES string of the molecule is CC(C)C(N)C(=O)Nc1ccnn1C1CNC1. The topological polar surface area (TPSA) is 85.0 Å². The molecule has 0 bridgehead atoms. The summed E-state index contributed by atoms with van der Waals surface area (Å²) in [7, 11) is 0. The van der Waals surface area contributed by atoms with E-state index in [0.29, 0.717) is 6.04 Å². The van der Waals surface area contributed by atoms with Crippen LogP contribution in [-0.2, 0) is 4.79 Å². The molecule has 6 heteroatoms. The molecule has 1 aromatic rings. The van der Waals surface area contributed by atoms with E-state index in [2.05, 4.69) is 15.7 Å². The summed E-state index contributed by atoms with van der Waals surface area (Å²) in [5.74, 6) is 0.684. The minimum atomic E-state index is -0.488. The van der Waals surface area contributed by atoms with Crippen LogP contribution in [0.2, 0.25) is 0 Å². The van der Waals surface area contributed by atoms with Crippen LogP contribution in [0, 0.1) is 5.92 Å². The predicted octanol–water partition coefficient (Wildman–Crippen LogP) is -0.0508. The fourth-order valence-electron chi connectivity index (χ4n) is 1.66. The highest BCUT2D eigenvalue weighted by molar-refractivity contribution is 5.94. The van der Waals surface area contributed by atoms with Gasteiger partial charge in [-0.15, -0.1) is 0 Å². The molecule has 0 aliphatic carbocycles. The van der Waals surface area contributed by atoms with E-state index in [-0.39, 0.29) is 11.8 Å². The van der Waals surface area contributed by atoms with Crippen molar-refractivity contribution in [2.24, 2.45) is 11.7 Å². The first-order valence-corrected chi connectivity index (χ1v) is 5.90. The Labute approximate surface area is 101 Å². The Balaban J connectivity index is 2.03. The fourth-order valence-corrected chi connectivity index (χ4v) is 1.66. The predicted molar refractivity (Wildman–Crippen MR) is 65.6 cm³/mol. The standard InChI is InChI=1S/C11H19N5O/c1-7(2)10(12)11(17)15-9-3-4-14-16(9)8-5-13-6-8/h3-4,7-8,10,13H,5-6,12H2,1-2H3,(H,15,17). The number of nitrogens with zero attached hydrogens (tertiary/aromatic N) is 2. The highest BCUT2D eigenvalue weighted by Crippen LogP contribution is 2.17. The molecule has 1 amide bonds. The molecular formula is C11H19N5O. The first kappa shape index (κ1) is 12.1. The van der Waals surface area contributed by atoms with E-state index in [1.165, 1.54) is 0 Å².